The van der Waals surface area contributed by atoms with Crippen molar-refractivity contribution in [3.8, 4) is 11.5 Å². The van der Waals surface area contributed by atoms with Crippen molar-refractivity contribution in [1.82, 2.24) is 0 Å². The van der Waals surface area contributed by atoms with Crippen LogP contribution in [0.25, 0.3) is 5.57 Å². The van der Waals surface area contributed by atoms with Crippen LogP contribution in [0.1, 0.15) is 11.1 Å². The Morgan fingerprint density at radius 1 is 0.844 bits per heavy atom. The number of rotatable bonds is 6. The number of nitrogens with zero attached hydrogens (tertiary/aromatic N) is 1. The number of nitrogens with one attached hydrogen (secondary N) is 1. The fourth-order valence-corrected chi connectivity index (χ4v) is 3.75. The van der Waals surface area contributed by atoms with E-state index in [0.29, 0.717) is 33.5 Å². The summed E-state index contributed by atoms with van der Waals surface area (Å²) < 4.78 is 10.9. The van der Waals surface area contributed by atoms with Crippen molar-refractivity contribution in [2.24, 2.45) is 0 Å². The summed E-state index contributed by atoms with van der Waals surface area (Å²) in [5, 5.41) is 3.66. The first-order valence-corrected chi connectivity index (χ1v) is 10.3. The van der Waals surface area contributed by atoms with Crippen LogP contribution in [0.5, 0.6) is 11.5 Å². The van der Waals surface area contributed by atoms with Gasteiger partial charge in [0.15, 0.2) is 0 Å². The molecule has 1 heterocycles. The fraction of sp³-hybridized carbons (Fsp3) is 0.120. The van der Waals surface area contributed by atoms with Gasteiger partial charge in [0.25, 0.3) is 11.8 Å². The van der Waals surface area contributed by atoms with E-state index < -0.39 is 11.8 Å². The maximum atomic E-state index is 13.6. The van der Waals surface area contributed by atoms with Crippen LogP contribution < -0.4 is 19.7 Å². The first-order chi connectivity index (χ1) is 15.4. The second-order valence-corrected chi connectivity index (χ2v) is 7.64. The highest BCUT2D eigenvalue weighted by Gasteiger charge is 2.41. The molecule has 0 bridgehead atoms. The average Bonchev–Trinajstić information content (AvgIpc) is 3.04. The summed E-state index contributed by atoms with van der Waals surface area (Å²) in [6.07, 6.45) is 0. The van der Waals surface area contributed by atoms with Gasteiger partial charge in [-0.3, -0.25) is 9.59 Å². The normalized spacial score (nSPS) is 13.6. The molecule has 1 aliphatic heterocycles. The van der Waals surface area contributed by atoms with Gasteiger partial charge in [-0.2, -0.15) is 0 Å². The lowest BCUT2D eigenvalue weighted by atomic mass is 10.0. The summed E-state index contributed by atoms with van der Waals surface area (Å²) in [6, 6.07) is 19.2. The molecule has 0 aliphatic carbocycles. The summed E-state index contributed by atoms with van der Waals surface area (Å²) in [6.45, 7) is 1.93. The molecule has 2 amide bonds. The van der Waals surface area contributed by atoms with Crippen molar-refractivity contribution >= 4 is 40.4 Å². The standard InChI is InChI=1S/C25H21ClN2O4/c1-15-8-13-21(32-3)19(14-15)27-23-22(18-6-4-5-7-20(18)31-2)24(29)28(25(23)30)17-11-9-16(26)10-12-17/h4-14,27H,1-3H3. The number of benzene rings is 3. The molecule has 1 N–H and O–H groups in total. The lowest BCUT2D eigenvalue weighted by Gasteiger charge is -2.16. The van der Waals surface area contributed by atoms with Crippen LogP contribution >= 0.6 is 11.6 Å². The second-order valence-electron chi connectivity index (χ2n) is 7.20. The maximum Gasteiger partial charge on any atom is 0.282 e. The summed E-state index contributed by atoms with van der Waals surface area (Å²) in [4.78, 5) is 28.3. The van der Waals surface area contributed by atoms with E-state index in [-0.39, 0.29) is 11.3 Å². The molecule has 0 spiro atoms. The smallest absolute Gasteiger partial charge is 0.282 e. The van der Waals surface area contributed by atoms with Gasteiger partial charge in [0.05, 0.1) is 31.2 Å². The van der Waals surface area contributed by atoms with Gasteiger partial charge in [0, 0.05) is 10.6 Å². The highest BCUT2D eigenvalue weighted by atomic mass is 35.5. The van der Waals surface area contributed by atoms with Crippen molar-refractivity contribution in [2.75, 3.05) is 24.4 Å². The summed E-state index contributed by atoms with van der Waals surface area (Å²) >= 11 is 6.00. The van der Waals surface area contributed by atoms with Gasteiger partial charge in [-0.15, -0.1) is 0 Å². The average molecular weight is 449 g/mol. The molecule has 1 aliphatic rings. The minimum atomic E-state index is -0.484. The predicted molar refractivity (Wildman–Crippen MR) is 125 cm³/mol. The van der Waals surface area contributed by atoms with Gasteiger partial charge in [0.2, 0.25) is 0 Å². The third-order valence-electron chi connectivity index (χ3n) is 5.16. The minimum absolute atomic E-state index is 0.137. The van der Waals surface area contributed by atoms with Crippen molar-refractivity contribution in [2.45, 2.75) is 6.92 Å². The Morgan fingerprint density at radius 2 is 1.53 bits per heavy atom. The van der Waals surface area contributed by atoms with Crippen molar-refractivity contribution < 1.29 is 19.1 Å². The van der Waals surface area contributed by atoms with Crippen LogP contribution in [0, 0.1) is 6.92 Å². The van der Waals surface area contributed by atoms with E-state index in [0.717, 1.165) is 10.5 Å². The van der Waals surface area contributed by atoms with Crippen molar-refractivity contribution in [3.63, 3.8) is 0 Å². The number of anilines is 2. The number of carbonyl (C=O) groups excluding carboxylic acids is 2. The van der Waals surface area contributed by atoms with Crippen LogP contribution in [0.4, 0.5) is 11.4 Å². The Morgan fingerprint density at radius 3 is 2.22 bits per heavy atom. The topological polar surface area (TPSA) is 67.9 Å². The summed E-state index contributed by atoms with van der Waals surface area (Å²) in [5.41, 5.74) is 2.83. The minimum Gasteiger partial charge on any atom is -0.496 e. The molecule has 0 saturated heterocycles. The number of imide groups is 1. The SMILES string of the molecule is COc1ccc(C)cc1NC1=C(c2ccccc2OC)C(=O)N(c2ccc(Cl)cc2)C1=O. The van der Waals surface area contributed by atoms with E-state index in [1.54, 1.807) is 61.7 Å². The molecule has 32 heavy (non-hydrogen) atoms. The largest absolute Gasteiger partial charge is 0.496 e. The first-order valence-electron chi connectivity index (χ1n) is 9.88. The number of hydrogen-bond acceptors (Lipinski definition) is 5. The lowest BCUT2D eigenvalue weighted by Crippen LogP contribution is -2.32. The fourth-order valence-electron chi connectivity index (χ4n) is 3.63. The van der Waals surface area contributed by atoms with Crippen molar-refractivity contribution in [1.29, 1.82) is 0 Å². The third-order valence-corrected chi connectivity index (χ3v) is 5.41. The molecule has 3 aromatic rings. The molecule has 3 aromatic carbocycles. The number of carbonyl (C=O) groups is 2. The monoisotopic (exact) mass is 448 g/mol. The van der Waals surface area contributed by atoms with Crippen LogP contribution in [0.15, 0.2) is 72.4 Å². The van der Waals surface area contributed by atoms with Gasteiger partial charge in [0.1, 0.15) is 17.2 Å². The van der Waals surface area contributed by atoms with Gasteiger partial charge in [-0.25, -0.2) is 4.90 Å². The molecule has 0 atom stereocenters. The molecular formula is C25H21ClN2O4. The number of methoxy groups -OCH3 is 2. The van der Waals surface area contributed by atoms with E-state index in [1.165, 1.54) is 7.11 Å². The Bertz CT molecular complexity index is 1230. The van der Waals surface area contributed by atoms with E-state index in [9.17, 15) is 9.59 Å². The number of aryl methyl sites for hydroxylation is 1. The third kappa shape index (κ3) is 3.81. The van der Waals surface area contributed by atoms with Crippen LogP contribution in [-0.4, -0.2) is 26.0 Å². The Kier molecular flexibility index (Phi) is 5.88. The number of para-hydroxylation sites is 1. The molecule has 0 radical (unpaired) electrons. The first kappa shape index (κ1) is 21.5. The van der Waals surface area contributed by atoms with Gasteiger partial charge in [-0.1, -0.05) is 35.9 Å². The second kappa shape index (κ2) is 8.77. The molecule has 6 nitrogen and oxygen atoms in total. The van der Waals surface area contributed by atoms with Crippen LogP contribution in [0.3, 0.4) is 0 Å². The number of ether oxygens (including phenoxy) is 2. The summed E-state index contributed by atoms with van der Waals surface area (Å²) in [7, 11) is 3.07. The highest BCUT2D eigenvalue weighted by molar-refractivity contribution is 6.46. The van der Waals surface area contributed by atoms with Gasteiger partial charge < -0.3 is 14.8 Å². The van der Waals surface area contributed by atoms with E-state index >= 15 is 0 Å². The maximum absolute atomic E-state index is 13.6. The predicted octanol–water partition coefficient (Wildman–Crippen LogP) is 5.06. The molecule has 0 unspecified atom stereocenters. The molecule has 4 rings (SSSR count). The molecular weight excluding hydrogens is 428 g/mol. The number of amides is 2. The quantitative estimate of drug-likeness (QED) is 0.534. The molecule has 0 saturated carbocycles. The van der Waals surface area contributed by atoms with Crippen molar-refractivity contribution in [3.05, 3.63) is 88.6 Å². The highest BCUT2D eigenvalue weighted by Crippen LogP contribution is 2.38. The molecule has 162 valence electrons. The zero-order valence-corrected chi connectivity index (χ0v) is 18.6. The zero-order valence-electron chi connectivity index (χ0n) is 17.8. The Labute approximate surface area is 191 Å². The lowest BCUT2D eigenvalue weighted by molar-refractivity contribution is -0.120. The van der Waals surface area contributed by atoms with E-state index in [2.05, 4.69) is 5.32 Å². The van der Waals surface area contributed by atoms with Gasteiger partial charge >= 0.3 is 0 Å². The van der Waals surface area contributed by atoms with Crippen LogP contribution in [0.2, 0.25) is 5.02 Å². The molecule has 0 fully saturated rings. The Hall–Kier alpha value is -3.77. The van der Waals surface area contributed by atoms with E-state index in [4.69, 9.17) is 21.1 Å². The summed E-state index contributed by atoms with van der Waals surface area (Å²) in [5.74, 6) is 0.0857. The van der Waals surface area contributed by atoms with Crippen LogP contribution in [-0.2, 0) is 9.59 Å². The molecule has 0 aromatic heterocycles. The number of hydrogen-bond donors (Lipinski definition) is 1. The number of halogens is 1. The van der Waals surface area contributed by atoms with E-state index in [1.807, 2.05) is 19.1 Å². The molecule has 7 heteroatoms. The van der Waals surface area contributed by atoms with Gasteiger partial charge in [-0.05, 0) is 55.0 Å². The Balaban J connectivity index is 1.89. The zero-order chi connectivity index (χ0) is 22.8.